The number of nitrogens with zero attached hydrogens (tertiary/aromatic N) is 2. The van der Waals surface area contributed by atoms with Gasteiger partial charge in [0.1, 0.15) is 6.04 Å². The lowest BCUT2D eigenvalue weighted by molar-refractivity contribution is -0.141. The number of carbonyl (C=O) groups is 2. The Hall–Kier alpha value is -2.59. The molecule has 1 unspecified atom stereocenters. The van der Waals surface area contributed by atoms with Crippen LogP contribution in [-0.2, 0) is 4.79 Å². The van der Waals surface area contributed by atoms with Gasteiger partial charge in [-0.15, -0.1) is 0 Å². The van der Waals surface area contributed by atoms with Crippen LogP contribution in [0.15, 0.2) is 18.2 Å². The zero-order valence-electron chi connectivity index (χ0n) is 11.4. The Kier molecular flexibility index (Phi) is 4.10. The van der Waals surface area contributed by atoms with Gasteiger partial charge in [0.15, 0.2) is 0 Å². The average Bonchev–Trinajstić information content (AvgIpc) is 2.83. The number of urea groups is 1. The van der Waals surface area contributed by atoms with E-state index in [9.17, 15) is 14.7 Å². The van der Waals surface area contributed by atoms with Gasteiger partial charge >= 0.3 is 12.0 Å². The molecule has 1 aliphatic heterocycles. The molecule has 1 aliphatic rings. The molecule has 0 saturated carbocycles. The summed E-state index contributed by atoms with van der Waals surface area (Å²) in [5, 5.41) is 30.1. The number of carboxylic acid groups (broad SMARTS) is 1. The lowest BCUT2D eigenvalue weighted by Crippen LogP contribution is -2.43. The van der Waals surface area contributed by atoms with Crippen molar-refractivity contribution in [2.24, 2.45) is 0 Å². The molecule has 0 aromatic heterocycles. The number of aliphatic hydroxyl groups is 1. The Morgan fingerprint density at radius 1 is 1.48 bits per heavy atom. The van der Waals surface area contributed by atoms with Gasteiger partial charge in [-0.25, -0.2) is 9.59 Å². The maximum Gasteiger partial charge on any atom is 0.326 e. The van der Waals surface area contributed by atoms with Crippen molar-refractivity contribution in [3.63, 3.8) is 0 Å². The number of aliphatic carboxylic acids is 1. The summed E-state index contributed by atoms with van der Waals surface area (Å²) >= 11 is 0. The van der Waals surface area contributed by atoms with Crippen LogP contribution in [0, 0.1) is 18.3 Å². The number of amides is 2. The zero-order chi connectivity index (χ0) is 15.6. The summed E-state index contributed by atoms with van der Waals surface area (Å²) in [5.41, 5.74) is 1.60. The second-order valence-corrected chi connectivity index (χ2v) is 4.97. The minimum absolute atomic E-state index is 0.0139. The van der Waals surface area contributed by atoms with E-state index in [0.717, 1.165) is 10.5 Å². The highest BCUT2D eigenvalue weighted by molar-refractivity contribution is 5.93. The first kappa shape index (κ1) is 14.8. The van der Waals surface area contributed by atoms with Crippen molar-refractivity contribution < 1.29 is 19.8 Å². The summed E-state index contributed by atoms with van der Waals surface area (Å²) in [6.07, 6.45) is -0.830. The molecule has 7 heteroatoms. The smallest absolute Gasteiger partial charge is 0.326 e. The van der Waals surface area contributed by atoms with Gasteiger partial charge in [0.05, 0.1) is 17.7 Å². The molecule has 7 nitrogen and oxygen atoms in total. The maximum atomic E-state index is 12.2. The number of nitriles is 1. The second-order valence-electron chi connectivity index (χ2n) is 4.97. The van der Waals surface area contributed by atoms with E-state index in [0.29, 0.717) is 11.3 Å². The lowest BCUT2D eigenvalue weighted by atomic mass is 10.1. The molecule has 1 fully saturated rings. The van der Waals surface area contributed by atoms with Crippen molar-refractivity contribution >= 4 is 17.7 Å². The summed E-state index contributed by atoms with van der Waals surface area (Å²) in [7, 11) is 0. The van der Waals surface area contributed by atoms with Crippen LogP contribution in [0.3, 0.4) is 0 Å². The number of anilines is 1. The molecule has 3 N–H and O–H groups in total. The average molecular weight is 289 g/mol. The number of likely N-dealkylation sites (tertiary alicyclic amines) is 1. The standard InChI is InChI=1S/C14H15N3O4/c1-8-2-3-9(6-15)4-11(8)16-14(21)17-7-10(18)5-12(17)13(19)20/h2-4,10,12,18H,5,7H2,1H3,(H,16,21)(H,19,20)/t10?,12-/m0/s1. The molecule has 1 saturated heterocycles. The normalized spacial score (nSPS) is 20.9. The van der Waals surface area contributed by atoms with Crippen molar-refractivity contribution in [2.45, 2.75) is 25.5 Å². The predicted molar refractivity (Wildman–Crippen MR) is 73.7 cm³/mol. The minimum atomic E-state index is -1.15. The van der Waals surface area contributed by atoms with Crippen LogP contribution in [0.5, 0.6) is 0 Å². The molecule has 0 bridgehead atoms. The number of aliphatic hydroxyl groups excluding tert-OH is 1. The summed E-state index contributed by atoms with van der Waals surface area (Å²) in [6.45, 7) is 1.74. The number of hydrogen-bond acceptors (Lipinski definition) is 4. The van der Waals surface area contributed by atoms with Gasteiger partial charge in [0, 0.05) is 18.7 Å². The fourth-order valence-electron chi connectivity index (χ4n) is 2.29. The van der Waals surface area contributed by atoms with Crippen LogP contribution in [-0.4, -0.2) is 45.8 Å². The van der Waals surface area contributed by atoms with E-state index >= 15 is 0 Å². The molecular formula is C14H15N3O4. The highest BCUT2D eigenvalue weighted by Gasteiger charge is 2.39. The molecule has 2 rings (SSSR count). The number of rotatable bonds is 2. The Balaban J connectivity index is 2.18. The van der Waals surface area contributed by atoms with Gasteiger partial charge in [0.25, 0.3) is 0 Å². The molecule has 21 heavy (non-hydrogen) atoms. The Morgan fingerprint density at radius 2 is 2.19 bits per heavy atom. The fourth-order valence-corrected chi connectivity index (χ4v) is 2.29. The minimum Gasteiger partial charge on any atom is -0.480 e. The SMILES string of the molecule is Cc1ccc(C#N)cc1NC(=O)N1CC(O)C[C@H]1C(=O)O. The topological polar surface area (TPSA) is 114 Å². The Bertz CT molecular complexity index is 623. The lowest BCUT2D eigenvalue weighted by Gasteiger charge is -2.22. The maximum absolute atomic E-state index is 12.2. The third-order valence-corrected chi connectivity index (χ3v) is 3.43. The van der Waals surface area contributed by atoms with E-state index in [1.165, 1.54) is 6.07 Å². The highest BCUT2D eigenvalue weighted by atomic mass is 16.4. The van der Waals surface area contributed by atoms with Gasteiger partial charge < -0.3 is 20.4 Å². The molecule has 1 aromatic carbocycles. The summed E-state index contributed by atoms with van der Waals surface area (Å²) in [6, 6.07) is 5.18. The summed E-state index contributed by atoms with van der Waals surface area (Å²) in [5.74, 6) is -1.15. The first-order valence-corrected chi connectivity index (χ1v) is 6.41. The zero-order valence-corrected chi connectivity index (χ0v) is 11.4. The second kappa shape index (κ2) is 5.81. The number of benzene rings is 1. The van der Waals surface area contributed by atoms with E-state index in [-0.39, 0.29) is 13.0 Å². The van der Waals surface area contributed by atoms with Crippen molar-refractivity contribution in [1.82, 2.24) is 4.90 Å². The number of aryl methyl sites for hydroxylation is 1. The van der Waals surface area contributed by atoms with E-state index < -0.39 is 24.1 Å². The molecular weight excluding hydrogens is 274 g/mol. The molecule has 110 valence electrons. The summed E-state index contributed by atoms with van der Waals surface area (Å²) in [4.78, 5) is 24.4. The van der Waals surface area contributed by atoms with E-state index in [1.54, 1.807) is 19.1 Å². The number of β-amino-alcohol motifs (C(OH)–C–C–N with tert-alkyl or cyclic N) is 1. The van der Waals surface area contributed by atoms with Crippen LogP contribution in [0.25, 0.3) is 0 Å². The number of carboxylic acids is 1. The molecule has 2 amide bonds. The van der Waals surface area contributed by atoms with Crippen molar-refractivity contribution in [3.05, 3.63) is 29.3 Å². The van der Waals surface area contributed by atoms with Crippen LogP contribution >= 0.6 is 0 Å². The monoisotopic (exact) mass is 289 g/mol. The van der Waals surface area contributed by atoms with Gasteiger partial charge in [-0.3, -0.25) is 0 Å². The van der Waals surface area contributed by atoms with Crippen LogP contribution < -0.4 is 5.32 Å². The summed E-state index contributed by atoms with van der Waals surface area (Å²) < 4.78 is 0. The molecule has 2 atom stereocenters. The molecule has 1 aromatic rings. The van der Waals surface area contributed by atoms with Crippen molar-refractivity contribution in [1.29, 1.82) is 5.26 Å². The molecule has 0 spiro atoms. The van der Waals surface area contributed by atoms with Crippen LogP contribution in [0.2, 0.25) is 0 Å². The molecule has 1 heterocycles. The number of nitrogens with one attached hydrogen (secondary N) is 1. The molecule has 0 radical (unpaired) electrons. The highest BCUT2D eigenvalue weighted by Crippen LogP contribution is 2.22. The Morgan fingerprint density at radius 3 is 2.81 bits per heavy atom. The predicted octanol–water partition coefficient (Wildman–Crippen LogP) is 0.918. The first-order chi connectivity index (χ1) is 9.92. The van der Waals surface area contributed by atoms with Gasteiger partial charge in [0.2, 0.25) is 0 Å². The van der Waals surface area contributed by atoms with Gasteiger partial charge in [-0.05, 0) is 24.6 Å². The number of hydrogen-bond donors (Lipinski definition) is 3. The first-order valence-electron chi connectivity index (χ1n) is 6.41. The van der Waals surface area contributed by atoms with Crippen LogP contribution in [0.4, 0.5) is 10.5 Å². The van der Waals surface area contributed by atoms with Gasteiger partial charge in [-0.2, -0.15) is 5.26 Å². The van der Waals surface area contributed by atoms with Crippen molar-refractivity contribution in [2.75, 3.05) is 11.9 Å². The third kappa shape index (κ3) is 3.12. The van der Waals surface area contributed by atoms with E-state index in [1.807, 2.05) is 6.07 Å². The van der Waals surface area contributed by atoms with E-state index in [2.05, 4.69) is 5.32 Å². The fraction of sp³-hybridized carbons (Fsp3) is 0.357. The Labute approximate surface area is 121 Å². The van der Waals surface area contributed by atoms with Crippen LogP contribution in [0.1, 0.15) is 17.5 Å². The largest absolute Gasteiger partial charge is 0.480 e. The quantitative estimate of drug-likeness (QED) is 0.749. The third-order valence-electron chi connectivity index (χ3n) is 3.43. The van der Waals surface area contributed by atoms with E-state index in [4.69, 9.17) is 10.4 Å². The number of carbonyl (C=O) groups excluding carboxylic acids is 1. The van der Waals surface area contributed by atoms with Crippen molar-refractivity contribution in [3.8, 4) is 6.07 Å². The molecule has 0 aliphatic carbocycles. The van der Waals surface area contributed by atoms with Gasteiger partial charge in [-0.1, -0.05) is 6.07 Å².